The Hall–Kier alpha value is -1.89. The van der Waals surface area contributed by atoms with Crippen LogP contribution in [0.5, 0.6) is 0 Å². The van der Waals surface area contributed by atoms with E-state index in [-0.39, 0.29) is 5.78 Å². The van der Waals surface area contributed by atoms with Crippen molar-refractivity contribution in [1.29, 1.82) is 0 Å². The number of ketones is 1. The molecule has 0 aromatic heterocycles. The van der Waals surface area contributed by atoms with Crippen LogP contribution in [0.1, 0.15) is 48.0 Å². The average molecular weight is 250 g/mol. The maximum absolute atomic E-state index is 11.8. The van der Waals surface area contributed by atoms with Gasteiger partial charge in [-0.15, -0.1) is 0 Å². The van der Waals surface area contributed by atoms with E-state index in [0.29, 0.717) is 5.92 Å². The van der Waals surface area contributed by atoms with Crippen molar-refractivity contribution in [2.24, 2.45) is 0 Å². The molecule has 19 heavy (non-hydrogen) atoms. The van der Waals surface area contributed by atoms with Crippen LogP contribution in [-0.4, -0.2) is 5.78 Å². The Bertz CT molecular complexity index is 609. The van der Waals surface area contributed by atoms with Gasteiger partial charge in [-0.25, -0.2) is 0 Å². The van der Waals surface area contributed by atoms with E-state index in [1.807, 2.05) is 18.2 Å². The van der Waals surface area contributed by atoms with Gasteiger partial charge >= 0.3 is 0 Å². The van der Waals surface area contributed by atoms with Gasteiger partial charge in [0.05, 0.1) is 0 Å². The number of hydrogen-bond donors (Lipinski definition) is 0. The van der Waals surface area contributed by atoms with Gasteiger partial charge in [-0.3, -0.25) is 4.79 Å². The first-order chi connectivity index (χ1) is 9.27. The molecule has 96 valence electrons. The lowest BCUT2D eigenvalue weighted by Gasteiger charge is -2.28. The minimum atomic E-state index is 0.138. The predicted molar refractivity (Wildman–Crippen MR) is 78.5 cm³/mol. The van der Waals surface area contributed by atoms with Crippen molar-refractivity contribution < 1.29 is 4.79 Å². The minimum Gasteiger partial charge on any atom is -0.294 e. The summed E-state index contributed by atoms with van der Waals surface area (Å²) in [5.74, 6) is 0.815. The highest BCUT2D eigenvalue weighted by molar-refractivity contribution is 6.01. The Morgan fingerprint density at radius 1 is 0.947 bits per heavy atom. The maximum Gasteiger partial charge on any atom is 0.160 e. The van der Waals surface area contributed by atoms with Gasteiger partial charge in [-0.05, 0) is 42.4 Å². The van der Waals surface area contributed by atoms with Gasteiger partial charge < -0.3 is 0 Å². The molecule has 1 nitrogen and oxygen atoms in total. The third kappa shape index (κ3) is 2.21. The minimum absolute atomic E-state index is 0.138. The Labute approximate surface area is 114 Å². The zero-order chi connectivity index (χ0) is 13.2. The highest BCUT2D eigenvalue weighted by atomic mass is 16.1. The second kappa shape index (κ2) is 5.00. The smallest absolute Gasteiger partial charge is 0.160 e. The van der Waals surface area contributed by atoms with E-state index >= 15 is 0 Å². The molecule has 1 saturated carbocycles. The molecule has 0 heterocycles. The van der Waals surface area contributed by atoms with E-state index in [1.165, 1.54) is 30.4 Å². The molecule has 1 fully saturated rings. The van der Waals surface area contributed by atoms with Gasteiger partial charge in [-0.1, -0.05) is 55.0 Å². The first-order valence-corrected chi connectivity index (χ1v) is 6.96. The van der Waals surface area contributed by atoms with E-state index in [2.05, 4.69) is 30.3 Å². The van der Waals surface area contributed by atoms with Crippen LogP contribution in [0.2, 0.25) is 0 Å². The zero-order valence-electron chi connectivity index (χ0n) is 11.2. The lowest BCUT2D eigenvalue weighted by atomic mass is 9.76. The molecule has 0 saturated heterocycles. The number of carbonyl (C=O) groups is 1. The van der Waals surface area contributed by atoms with Crippen LogP contribution in [0, 0.1) is 0 Å². The monoisotopic (exact) mass is 250 g/mol. The Kier molecular flexibility index (Phi) is 3.20. The van der Waals surface area contributed by atoms with Crippen LogP contribution in [0.3, 0.4) is 0 Å². The van der Waals surface area contributed by atoms with Crippen LogP contribution < -0.4 is 0 Å². The Morgan fingerprint density at radius 3 is 2.21 bits per heavy atom. The highest BCUT2D eigenvalue weighted by Gasteiger charge is 2.23. The largest absolute Gasteiger partial charge is 0.294 e. The number of rotatable bonds is 3. The van der Waals surface area contributed by atoms with Crippen molar-refractivity contribution in [3.63, 3.8) is 0 Å². The zero-order valence-corrected chi connectivity index (χ0v) is 11.2. The Balaban J connectivity index is 2.14. The molecular weight excluding hydrogens is 232 g/mol. The molecule has 1 aliphatic carbocycles. The lowest BCUT2D eigenvalue weighted by Crippen LogP contribution is -2.10. The molecule has 0 radical (unpaired) electrons. The fourth-order valence-electron chi connectivity index (χ4n) is 2.84. The fraction of sp³-hybridized carbons (Fsp3) is 0.278. The van der Waals surface area contributed by atoms with Crippen molar-refractivity contribution in [3.05, 3.63) is 59.7 Å². The van der Waals surface area contributed by atoms with Crippen LogP contribution in [0.4, 0.5) is 0 Å². The van der Waals surface area contributed by atoms with Gasteiger partial charge in [0.2, 0.25) is 0 Å². The van der Waals surface area contributed by atoms with Crippen molar-refractivity contribution in [2.75, 3.05) is 0 Å². The molecule has 0 N–H and O–H groups in total. The Morgan fingerprint density at radius 2 is 1.58 bits per heavy atom. The van der Waals surface area contributed by atoms with Gasteiger partial charge in [0.15, 0.2) is 5.78 Å². The number of carbonyl (C=O) groups excluding carboxylic acids is 1. The summed E-state index contributed by atoms with van der Waals surface area (Å²) in [6.45, 7) is 1.64. The van der Waals surface area contributed by atoms with Crippen molar-refractivity contribution >= 4 is 5.78 Å². The van der Waals surface area contributed by atoms with Gasteiger partial charge in [0, 0.05) is 5.56 Å². The molecule has 0 bridgehead atoms. The molecule has 0 aliphatic heterocycles. The van der Waals surface area contributed by atoms with Crippen LogP contribution in [-0.2, 0) is 0 Å². The molecule has 0 unspecified atom stereocenters. The summed E-state index contributed by atoms with van der Waals surface area (Å²) < 4.78 is 0. The van der Waals surface area contributed by atoms with Crippen LogP contribution >= 0.6 is 0 Å². The van der Waals surface area contributed by atoms with E-state index in [1.54, 1.807) is 6.92 Å². The summed E-state index contributed by atoms with van der Waals surface area (Å²) >= 11 is 0. The summed E-state index contributed by atoms with van der Waals surface area (Å²) in [6, 6.07) is 16.5. The first-order valence-electron chi connectivity index (χ1n) is 6.96. The molecule has 2 aromatic carbocycles. The van der Waals surface area contributed by atoms with Gasteiger partial charge in [0.25, 0.3) is 0 Å². The van der Waals surface area contributed by atoms with Crippen molar-refractivity contribution in [2.45, 2.75) is 32.1 Å². The average Bonchev–Trinajstić information content (AvgIpc) is 2.37. The molecule has 0 spiro atoms. The quantitative estimate of drug-likeness (QED) is 0.713. The lowest BCUT2D eigenvalue weighted by molar-refractivity contribution is 0.101. The molecule has 0 amide bonds. The predicted octanol–water partition coefficient (Wildman–Crippen LogP) is 4.82. The summed E-state index contributed by atoms with van der Waals surface area (Å²) in [4.78, 5) is 11.8. The summed E-state index contributed by atoms with van der Waals surface area (Å²) in [7, 11) is 0. The third-order valence-corrected chi connectivity index (χ3v) is 4.10. The van der Waals surface area contributed by atoms with Gasteiger partial charge in [0.1, 0.15) is 0 Å². The normalized spacial score (nSPS) is 15.0. The third-order valence-electron chi connectivity index (χ3n) is 4.10. The van der Waals surface area contributed by atoms with Gasteiger partial charge in [-0.2, -0.15) is 0 Å². The molecule has 1 heteroatoms. The molecular formula is C18H18O. The van der Waals surface area contributed by atoms with Crippen molar-refractivity contribution in [1.82, 2.24) is 0 Å². The number of Topliss-reactive ketones (excluding diaryl/α,β-unsaturated/α-hetero) is 1. The SMILES string of the molecule is CC(=O)c1ccccc1-c1ccccc1C1CCC1. The maximum atomic E-state index is 11.8. The highest BCUT2D eigenvalue weighted by Crippen LogP contribution is 2.41. The topological polar surface area (TPSA) is 17.1 Å². The molecule has 3 rings (SSSR count). The van der Waals surface area contributed by atoms with E-state index in [4.69, 9.17) is 0 Å². The van der Waals surface area contributed by atoms with Crippen LogP contribution in [0.25, 0.3) is 11.1 Å². The standard InChI is InChI=1S/C18H18O/c1-13(19)15-9-2-4-11-17(15)18-12-5-3-10-16(18)14-7-6-8-14/h2-5,9-12,14H,6-8H2,1H3. The fourth-order valence-corrected chi connectivity index (χ4v) is 2.84. The number of hydrogen-bond acceptors (Lipinski definition) is 1. The van der Waals surface area contributed by atoms with Crippen molar-refractivity contribution in [3.8, 4) is 11.1 Å². The van der Waals surface area contributed by atoms with Crippen LogP contribution in [0.15, 0.2) is 48.5 Å². The van der Waals surface area contributed by atoms with E-state index in [0.717, 1.165) is 11.1 Å². The summed E-state index contributed by atoms with van der Waals surface area (Å²) in [5.41, 5.74) is 4.55. The van der Waals surface area contributed by atoms with E-state index < -0.39 is 0 Å². The summed E-state index contributed by atoms with van der Waals surface area (Å²) in [5, 5.41) is 0. The first kappa shape index (κ1) is 12.2. The summed E-state index contributed by atoms with van der Waals surface area (Å²) in [6.07, 6.45) is 3.88. The second-order valence-electron chi connectivity index (χ2n) is 5.32. The molecule has 1 aliphatic rings. The molecule has 0 atom stereocenters. The second-order valence-corrected chi connectivity index (χ2v) is 5.32. The molecule has 2 aromatic rings. The van der Waals surface area contributed by atoms with E-state index in [9.17, 15) is 4.79 Å². The number of benzene rings is 2.